The zero-order valence-corrected chi connectivity index (χ0v) is 18.5. The summed E-state index contributed by atoms with van der Waals surface area (Å²) in [5, 5.41) is 23.7. The fraction of sp³-hybridized carbons (Fsp3) is 0.111. The molecule has 1 atom stereocenters. The first-order valence-electron chi connectivity index (χ1n) is 10.7. The second-order valence-electron chi connectivity index (χ2n) is 7.65. The van der Waals surface area contributed by atoms with E-state index >= 15 is 0 Å². The van der Waals surface area contributed by atoms with E-state index in [1.165, 1.54) is 0 Å². The number of ether oxygens (including phenoxy) is 2. The first-order chi connectivity index (χ1) is 17.1. The Morgan fingerprint density at radius 1 is 0.886 bits per heavy atom. The van der Waals surface area contributed by atoms with Crippen LogP contribution < -0.4 is 15.4 Å². The number of esters is 1. The van der Waals surface area contributed by atoms with Gasteiger partial charge in [-0.25, -0.2) is 9.59 Å². The van der Waals surface area contributed by atoms with E-state index < -0.39 is 18.0 Å². The molecular weight excluding hydrogens is 444 g/mol. The Kier molecular flexibility index (Phi) is 7.05. The van der Waals surface area contributed by atoms with Gasteiger partial charge in [-0.3, -0.25) is 0 Å². The van der Waals surface area contributed by atoms with Crippen LogP contribution in [-0.2, 0) is 16.1 Å². The SMILES string of the molecule is N#Cc1cccc(COC(=O)C2=C(COc3cccc(C#N)c3)NC(=O)NC2c2ccccc2)c1. The number of urea groups is 1. The van der Waals surface area contributed by atoms with E-state index in [2.05, 4.69) is 16.7 Å². The van der Waals surface area contributed by atoms with Crippen LogP contribution in [0.15, 0.2) is 90.1 Å². The predicted octanol–water partition coefficient (Wildman–Crippen LogP) is 3.86. The highest BCUT2D eigenvalue weighted by Crippen LogP contribution is 2.28. The molecule has 172 valence electrons. The van der Waals surface area contributed by atoms with E-state index in [4.69, 9.17) is 20.0 Å². The van der Waals surface area contributed by atoms with Crippen LogP contribution in [0.1, 0.15) is 28.3 Å². The third kappa shape index (κ3) is 5.65. The number of nitriles is 2. The van der Waals surface area contributed by atoms with Gasteiger partial charge in [0.1, 0.15) is 19.0 Å². The molecule has 4 rings (SSSR count). The zero-order valence-electron chi connectivity index (χ0n) is 18.5. The maximum atomic E-state index is 13.3. The van der Waals surface area contributed by atoms with Crippen molar-refractivity contribution in [3.8, 4) is 17.9 Å². The van der Waals surface area contributed by atoms with Crippen LogP contribution in [0, 0.1) is 22.7 Å². The summed E-state index contributed by atoms with van der Waals surface area (Å²) in [4.78, 5) is 25.8. The van der Waals surface area contributed by atoms with Gasteiger partial charge in [-0.05, 0) is 41.5 Å². The molecule has 0 saturated heterocycles. The van der Waals surface area contributed by atoms with Crippen molar-refractivity contribution >= 4 is 12.0 Å². The smallest absolute Gasteiger partial charge is 0.338 e. The van der Waals surface area contributed by atoms with E-state index in [1.807, 2.05) is 24.3 Å². The van der Waals surface area contributed by atoms with E-state index in [-0.39, 0.29) is 24.5 Å². The van der Waals surface area contributed by atoms with Gasteiger partial charge >= 0.3 is 12.0 Å². The molecular formula is C27H20N4O4. The fourth-order valence-electron chi connectivity index (χ4n) is 3.64. The van der Waals surface area contributed by atoms with Gasteiger partial charge in [-0.15, -0.1) is 0 Å². The van der Waals surface area contributed by atoms with Crippen LogP contribution in [0.2, 0.25) is 0 Å². The van der Waals surface area contributed by atoms with Crippen molar-refractivity contribution < 1.29 is 19.1 Å². The highest BCUT2D eigenvalue weighted by Gasteiger charge is 2.34. The molecule has 3 aromatic rings. The normalized spacial score (nSPS) is 14.7. The minimum absolute atomic E-state index is 0.0499. The average Bonchev–Trinajstić information content (AvgIpc) is 2.91. The van der Waals surface area contributed by atoms with Crippen molar-refractivity contribution in [3.63, 3.8) is 0 Å². The largest absolute Gasteiger partial charge is 0.487 e. The van der Waals surface area contributed by atoms with E-state index in [1.54, 1.807) is 60.7 Å². The van der Waals surface area contributed by atoms with Crippen LogP contribution >= 0.6 is 0 Å². The van der Waals surface area contributed by atoms with Gasteiger partial charge in [-0.2, -0.15) is 10.5 Å². The molecule has 8 heteroatoms. The minimum atomic E-state index is -0.757. The van der Waals surface area contributed by atoms with Crippen LogP contribution in [0.3, 0.4) is 0 Å². The minimum Gasteiger partial charge on any atom is -0.487 e. The highest BCUT2D eigenvalue weighted by atomic mass is 16.5. The summed E-state index contributed by atoms with van der Waals surface area (Å²) in [5.74, 6) is -0.222. The molecule has 3 aromatic carbocycles. The lowest BCUT2D eigenvalue weighted by molar-refractivity contribution is -0.140. The Balaban J connectivity index is 1.64. The molecule has 2 amide bonds. The third-order valence-corrected chi connectivity index (χ3v) is 5.28. The summed E-state index contributed by atoms with van der Waals surface area (Å²) in [7, 11) is 0. The number of hydrogen-bond donors (Lipinski definition) is 2. The summed E-state index contributed by atoms with van der Waals surface area (Å²) in [5.41, 5.74) is 2.69. The molecule has 1 heterocycles. The maximum Gasteiger partial charge on any atom is 0.338 e. The van der Waals surface area contributed by atoms with Crippen LogP contribution in [-0.4, -0.2) is 18.6 Å². The van der Waals surface area contributed by atoms with Crippen LogP contribution in [0.25, 0.3) is 0 Å². The number of carbonyl (C=O) groups is 2. The van der Waals surface area contributed by atoms with Crippen molar-refractivity contribution in [1.29, 1.82) is 10.5 Å². The number of nitrogens with one attached hydrogen (secondary N) is 2. The van der Waals surface area contributed by atoms with Crippen molar-refractivity contribution in [3.05, 3.63) is 112 Å². The van der Waals surface area contributed by atoms with Crippen LogP contribution in [0.5, 0.6) is 5.75 Å². The molecule has 1 unspecified atom stereocenters. The third-order valence-electron chi connectivity index (χ3n) is 5.28. The van der Waals surface area contributed by atoms with Gasteiger partial charge in [0, 0.05) is 0 Å². The van der Waals surface area contributed by atoms with Crippen molar-refractivity contribution in [2.24, 2.45) is 0 Å². The second-order valence-corrected chi connectivity index (χ2v) is 7.65. The zero-order chi connectivity index (χ0) is 24.6. The van der Waals surface area contributed by atoms with Crippen molar-refractivity contribution in [1.82, 2.24) is 10.6 Å². The van der Waals surface area contributed by atoms with Gasteiger partial charge < -0.3 is 20.1 Å². The fourth-order valence-corrected chi connectivity index (χ4v) is 3.64. The molecule has 35 heavy (non-hydrogen) atoms. The average molecular weight is 464 g/mol. The Labute approximate surface area is 202 Å². The molecule has 8 nitrogen and oxygen atoms in total. The first-order valence-corrected chi connectivity index (χ1v) is 10.7. The van der Waals surface area contributed by atoms with Crippen molar-refractivity contribution in [2.75, 3.05) is 6.61 Å². The van der Waals surface area contributed by atoms with E-state index in [0.717, 1.165) is 0 Å². The molecule has 1 aliphatic rings. The number of carbonyl (C=O) groups excluding carboxylic acids is 2. The first kappa shape index (κ1) is 23.1. The Hall–Kier alpha value is -5.08. The Morgan fingerprint density at radius 2 is 1.60 bits per heavy atom. The molecule has 0 saturated carbocycles. The standard InChI is InChI=1S/C27H20N4O4/c28-14-18-6-4-8-20(12-18)16-35-26(32)24-23(17-34-22-11-5-7-19(13-22)15-29)30-27(33)31-25(24)21-9-2-1-3-10-21/h1-13,25H,16-17H2,(H2,30,31,33). The lowest BCUT2D eigenvalue weighted by Gasteiger charge is -2.29. The van der Waals surface area contributed by atoms with E-state index in [0.29, 0.717) is 28.0 Å². The Bertz CT molecular complexity index is 1370. The van der Waals surface area contributed by atoms with Crippen molar-refractivity contribution in [2.45, 2.75) is 12.6 Å². The summed E-state index contributed by atoms with van der Waals surface area (Å²) in [6, 6.07) is 25.3. The van der Waals surface area contributed by atoms with Gasteiger partial charge in [0.2, 0.25) is 0 Å². The lowest BCUT2D eigenvalue weighted by atomic mass is 9.95. The molecule has 0 aliphatic carbocycles. The van der Waals surface area contributed by atoms with E-state index in [9.17, 15) is 9.59 Å². The summed E-state index contributed by atoms with van der Waals surface area (Å²) in [6.07, 6.45) is 0. The topological polar surface area (TPSA) is 124 Å². The molecule has 0 fully saturated rings. The maximum absolute atomic E-state index is 13.3. The number of rotatable bonds is 7. The highest BCUT2D eigenvalue weighted by molar-refractivity contribution is 5.95. The molecule has 0 aromatic heterocycles. The quantitative estimate of drug-likeness (QED) is 0.512. The van der Waals surface area contributed by atoms with Crippen LogP contribution in [0.4, 0.5) is 4.79 Å². The molecule has 2 N–H and O–H groups in total. The summed E-state index contributed by atoms with van der Waals surface area (Å²) >= 11 is 0. The number of nitrogens with zero attached hydrogens (tertiary/aromatic N) is 2. The van der Waals surface area contributed by atoms with Gasteiger partial charge in [-0.1, -0.05) is 48.5 Å². The molecule has 0 spiro atoms. The Morgan fingerprint density at radius 3 is 2.34 bits per heavy atom. The predicted molar refractivity (Wildman–Crippen MR) is 125 cm³/mol. The summed E-state index contributed by atoms with van der Waals surface area (Å²) < 4.78 is 11.4. The van der Waals surface area contributed by atoms with Gasteiger partial charge in [0.05, 0.1) is 40.6 Å². The molecule has 1 aliphatic heterocycles. The number of benzene rings is 3. The van der Waals surface area contributed by atoms with Gasteiger partial charge in [0.25, 0.3) is 0 Å². The number of amides is 2. The lowest BCUT2D eigenvalue weighted by Crippen LogP contribution is -2.47. The molecule has 0 radical (unpaired) electrons. The monoisotopic (exact) mass is 464 g/mol. The van der Waals surface area contributed by atoms with Gasteiger partial charge in [0.15, 0.2) is 0 Å². The second kappa shape index (κ2) is 10.7. The summed E-state index contributed by atoms with van der Waals surface area (Å²) in [6.45, 7) is -0.175. The number of hydrogen-bond acceptors (Lipinski definition) is 6. The molecule has 0 bridgehead atoms.